The second kappa shape index (κ2) is 5.63. The largest absolute Gasteiger partial charge is 0.494 e. The second-order valence-electron chi connectivity index (χ2n) is 4.58. The molecule has 0 aliphatic carbocycles. The van der Waals surface area contributed by atoms with Gasteiger partial charge in [0.15, 0.2) is 0 Å². The van der Waals surface area contributed by atoms with Crippen LogP contribution in [0.1, 0.15) is 10.4 Å². The summed E-state index contributed by atoms with van der Waals surface area (Å²) in [6, 6.07) is 16.8. The fourth-order valence-corrected chi connectivity index (χ4v) is 2.15. The first-order chi connectivity index (χ1) is 10.3. The lowest BCUT2D eigenvalue weighted by atomic mass is 10.1. The lowest BCUT2D eigenvalue weighted by Crippen LogP contribution is -2.12. The van der Waals surface area contributed by atoms with E-state index in [1.54, 1.807) is 13.3 Å². The SMILES string of the molecule is COc1cccc2cc(C(=O)Nc3ccccc3)cnc12. The summed E-state index contributed by atoms with van der Waals surface area (Å²) in [6.07, 6.45) is 1.56. The number of hydrogen-bond donors (Lipinski definition) is 1. The highest BCUT2D eigenvalue weighted by Crippen LogP contribution is 2.23. The summed E-state index contributed by atoms with van der Waals surface area (Å²) in [5, 5.41) is 3.71. The Labute approximate surface area is 122 Å². The number of fused-ring (bicyclic) bond motifs is 1. The molecule has 104 valence electrons. The van der Waals surface area contributed by atoms with Crippen LogP contribution < -0.4 is 10.1 Å². The van der Waals surface area contributed by atoms with E-state index < -0.39 is 0 Å². The molecule has 0 spiro atoms. The van der Waals surface area contributed by atoms with Crippen molar-refractivity contribution in [1.29, 1.82) is 0 Å². The van der Waals surface area contributed by atoms with Crippen LogP contribution in [0.2, 0.25) is 0 Å². The van der Waals surface area contributed by atoms with Gasteiger partial charge in [0.1, 0.15) is 11.3 Å². The zero-order valence-corrected chi connectivity index (χ0v) is 11.5. The molecule has 21 heavy (non-hydrogen) atoms. The molecule has 1 aromatic heterocycles. The smallest absolute Gasteiger partial charge is 0.257 e. The van der Waals surface area contributed by atoms with Crippen LogP contribution in [0.25, 0.3) is 10.9 Å². The van der Waals surface area contributed by atoms with Gasteiger partial charge in [-0.1, -0.05) is 30.3 Å². The van der Waals surface area contributed by atoms with Gasteiger partial charge in [-0.25, -0.2) is 0 Å². The van der Waals surface area contributed by atoms with Gasteiger partial charge in [-0.2, -0.15) is 0 Å². The Morgan fingerprint density at radius 3 is 2.67 bits per heavy atom. The van der Waals surface area contributed by atoms with E-state index in [2.05, 4.69) is 10.3 Å². The zero-order chi connectivity index (χ0) is 14.7. The number of nitrogens with zero attached hydrogens (tertiary/aromatic N) is 1. The highest BCUT2D eigenvalue weighted by atomic mass is 16.5. The summed E-state index contributed by atoms with van der Waals surface area (Å²) < 4.78 is 5.26. The fourth-order valence-electron chi connectivity index (χ4n) is 2.15. The van der Waals surface area contributed by atoms with Crippen LogP contribution in [0.3, 0.4) is 0 Å². The first-order valence-corrected chi connectivity index (χ1v) is 6.57. The van der Waals surface area contributed by atoms with Crippen molar-refractivity contribution < 1.29 is 9.53 Å². The summed E-state index contributed by atoms with van der Waals surface area (Å²) in [7, 11) is 1.60. The molecule has 1 amide bonds. The zero-order valence-electron chi connectivity index (χ0n) is 11.5. The van der Waals surface area contributed by atoms with Crippen LogP contribution in [0.4, 0.5) is 5.69 Å². The first-order valence-electron chi connectivity index (χ1n) is 6.57. The lowest BCUT2D eigenvalue weighted by molar-refractivity contribution is 0.102. The van der Waals surface area contributed by atoms with E-state index in [1.165, 1.54) is 0 Å². The molecule has 3 rings (SSSR count). The van der Waals surface area contributed by atoms with Crippen molar-refractivity contribution >= 4 is 22.5 Å². The third-order valence-corrected chi connectivity index (χ3v) is 3.19. The number of ether oxygens (including phenoxy) is 1. The molecule has 0 saturated carbocycles. The standard InChI is InChI=1S/C17H14N2O2/c1-21-15-9-5-6-12-10-13(11-18-16(12)15)17(20)19-14-7-3-2-4-8-14/h2-11H,1H3,(H,19,20). The summed E-state index contributed by atoms with van der Waals surface area (Å²) in [6.45, 7) is 0. The summed E-state index contributed by atoms with van der Waals surface area (Å²) in [5.74, 6) is 0.515. The molecule has 1 N–H and O–H groups in total. The van der Waals surface area contributed by atoms with Crippen molar-refractivity contribution in [2.45, 2.75) is 0 Å². The number of methoxy groups -OCH3 is 1. The van der Waals surface area contributed by atoms with Gasteiger partial charge >= 0.3 is 0 Å². The van der Waals surface area contributed by atoms with E-state index in [9.17, 15) is 4.79 Å². The third-order valence-electron chi connectivity index (χ3n) is 3.19. The topological polar surface area (TPSA) is 51.2 Å². The Hall–Kier alpha value is -2.88. The van der Waals surface area contributed by atoms with Gasteiger partial charge < -0.3 is 10.1 Å². The molecule has 0 saturated heterocycles. The summed E-state index contributed by atoms with van der Waals surface area (Å²) >= 11 is 0. The molecule has 0 aliphatic rings. The molecule has 0 atom stereocenters. The number of aromatic nitrogens is 1. The lowest BCUT2D eigenvalue weighted by Gasteiger charge is -2.07. The van der Waals surface area contributed by atoms with Crippen molar-refractivity contribution in [3.8, 4) is 5.75 Å². The minimum absolute atomic E-state index is 0.182. The van der Waals surface area contributed by atoms with Crippen LogP contribution in [0, 0.1) is 0 Å². The van der Waals surface area contributed by atoms with Gasteiger partial charge in [0.25, 0.3) is 5.91 Å². The molecule has 0 bridgehead atoms. The minimum atomic E-state index is -0.182. The van der Waals surface area contributed by atoms with E-state index in [1.807, 2.05) is 54.6 Å². The van der Waals surface area contributed by atoms with Crippen molar-refractivity contribution in [1.82, 2.24) is 4.98 Å². The number of pyridine rings is 1. The molecule has 3 aromatic rings. The number of benzene rings is 2. The van der Waals surface area contributed by atoms with Gasteiger partial charge in [-0.15, -0.1) is 0 Å². The predicted molar refractivity (Wildman–Crippen MR) is 82.7 cm³/mol. The number of carbonyl (C=O) groups is 1. The number of carbonyl (C=O) groups excluding carboxylic acids is 1. The van der Waals surface area contributed by atoms with Crippen molar-refractivity contribution in [3.05, 3.63) is 66.4 Å². The van der Waals surface area contributed by atoms with Crippen molar-refractivity contribution in [2.75, 3.05) is 12.4 Å². The van der Waals surface area contributed by atoms with Crippen LogP contribution in [-0.4, -0.2) is 18.0 Å². The minimum Gasteiger partial charge on any atom is -0.494 e. The normalized spacial score (nSPS) is 10.3. The molecular formula is C17H14N2O2. The average Bonchev–Trinajstić information content (AvgIpc) is 2.54. The third kappa shape index (κ3) is 2.69. The van der Waals surface area contributed by atoms with Crippen LogP contribution in [-0.2, 0) is 0 Å². The maximum Gasteiger partial charge on any atom is 0.257 e. The van der Waals surface area contributed by atoms with E-state index >= 15 is 0 Å². The average molecular weight is 278 g/mol. The second-order valence-corrected chi connectivity index (χ2v) is 4.58. The summed E-state index contributed by atoms with van der Waals surface area (Å²) in [4.78, 5) is 16.6. The predicted octanol–water partition coefficient (Wildman–Crippen LogP) is 3.50. The Morgan fingerprint density at radius 1 is 1.10 bits per heavy atom. The molecule has 4 nitrogen and oxygen atoms in total. The van der Waals surface area contributed by atoms with Crippen LogP contribution >= 0.6 is 0 Å². The first kappa shape index (κ1) is 13.1. The molecule has 4 heteroatoms. The Morgan fingerprint density at radius 2 is 1.90 bits per heavy atom. The van der Waals surface area contributed by atoms with Crippen LogP contribution in [0.15, 0.2) is 60.8 Å². The number of anilines is 1. The highest BCUT2D eigenvalue weighted by molar-refractivity contribution is 6.06. The van der Waals surface area contributed by atoms with Crippen molar-refractivity contribution in [2.24, 2.45) is 0 Å². The number of nitrogens with one attached hydrogen (secondary N) is 1. The maximum absolute atomic E-state index is 12.2. The number of amides is 1. The molecule has 0 aliphatic heterocycles. The number of rotatable bonds is 3. The Balaban J connectivity index is 1.92. The summed E-state index contributed by atoms with van der Waals surface area (Å²) in [5.41, 5.74) is 2.02. The van der Waals surface area contributed by atoms with E-state index in [-0.39, 0.29) is 5.91 Å². The molecule has 0 unspecified atom stereocenters. The fraction of sp³-hybridized carbons (Fsp3) is 0.0588. The van der Waals surface area contributed by atoms with E-state index in [4.69, 9.17) is 4.74 Å². The Bertz CT molecular complexity index is 785. The molecular weight excluding hydrogens is 264 g/mol. The van der Waals surface area contributed by atoms with E-state index in [0.29, 0.717) is 11.3 Å². The number of para-hydroxylation sites is 2. The van der Waals surface area contributed by atoms with Gasteiger partial charge in [0, 0.05) is 17.3 Å². The molecule has 1 heterocycles. The number of hydrogen-bond acceptors (Lipinski definition) is 3. The van der Waals surface area contributed by atoms with Gasteiger partial charge in [0.05, 0.1) is 12.7 Å². The Kier molecular flexibility index (Phi) is 3.51. The van der Waals surface area contributed by atoms with Crippen molar-refractivity contribution in [3.63, 3.8) is 0 Å². The van der Waals surface area contributed by atoms with E-state index in [0.717, 1.165) is 16.6 Å². The quantitative estimate of drug-likeness (QED) is 0.797. The van der Waals surface area contributed by atoms with Gasteiger partial charge in [-0.05, 0) is 24.3 Å². The van der Waals surface area contributed by atoms with Crippen LogP contribution in [0.5, 0.6) is 5.75 Å². The molecule has 0 radical (unpaired) electrons. The van der Waals surface area contributed by atoms with Gasteiger partial charge in [0.2, 0.25) is 0 Å². The molecule has 0 fully saturated rings. The maximum atomic E-state index is 12.2. The molecule has 2 aromatic carbocycles. The monoisotopic (exact) mass is 278 g/mol. The highest BCUT2D eigenvalue weighted by Gasteiger charge is 2.09. The van der Waals surface area contributed by atoms with Gasteiger partial charge in [-0.3, -0.25) is 9.78 Å².